The van der Waals surface area contributed by atoms with Crippen LogP contribution in [0.4, 0.5) is 4.39 Å². The first-order valence-corrected chi connectivity index (χ1v) is 10.8. The van der Waals surface area contributed by atoms with Crippen molar-refractivity contribution in [3.63, 3.8) is 0 Å². The molecular weight excluding hydrogens is 371 g/mol. The quantitative estimate of drug-likeness (QED) is 0.846. The maximum atomic E-state index is 13.7. The van der Waals surface area contributed by atoms with Gasteiger partial charge in [0.2, 0.25) is 10.0 Å². The van der Waals surface area contributed by atoms with E-state index >= 15 is 0 Å². The minimum Gasteiger partial charge on any atom is -0.377 e. The fraction of sp³-hybridized carbons (Fsp3) is 0.474. The van der Waals surface area contributed by atoms with E-state index in [-0.39, 0.29) is 17.2 Å². The number of carbonyl (C=O) groups excluding carboxylic acids is 1. The van der Waals surface area contributed by atoms with Crippen molar-refractivity contribution in [2.24, 2.45) is 0 Å². The van der Waals surface area contributed by atoms with Crippen molar-refractivity contribution < 1.29 is 22.3 Å². The Morgan fingerprint density at radius 1 is 1.22 bits per heavy atom. The SMILES string of the molecule is O=C(NS(=O)(=O)C[C@@H]1CCCCO1)c1cc(C2CC2)nc2ccc(F)cc12. The third-order valence-electron chi connectivity index (χ3n) is 4.96. The van der Waals surface area contributed by atoms with Gasteiger partial charge in [-0.15, -0.1) is 0 Å². The Morgan fingerprint density at radius 3 is 2.74 bits per heavy atom. The first-order chi connectivity index (χ1) is 12.9. The smallest absolute Gasteiger partial charge is 0.265 e. The topological polar surface area (TPSA) is 85.4 Å². The molecule has 1 amide bonds. The van der Waals surface area contributed by atoms with Crippen LogP contribution in [0.5, 0.6) is 0 Å². The highest BCUT2D eigenvalue weighted by atomic mass is 32.2. The Morgan fingerprint density at radius 2 is 2.04 bits per heavy atom. The predicted molar refractivity (Wildman–Crippen MR) is 98.5 cm³/mol. The predicted octanol–water partition coefficient (Wildman–Crippen LogP) is 2.88. The lowest BCUT2D eigenvalue weighted by atomic mass is 10.1. The Kier molecular flexibility index (Phi) is 4.86. The second kappa shape index (κ2) is 7.16. The number of nitrogens with zero attached hydrogens (tertiary/aromatic N) is 1. The average Bonchev–Trinajstić information content (AvgIpc) is 3.46. The molecule has 2 aliphatic rings. The number of aromatic nitrogens is 1. The molecule has 2 fully saturated rings. The normalized spacial score (nSPS) is 20.6. The number of pyridine rings is 1. The monoisotopic (exact) mass is 392 g/mol. The third kappa shape index (κ3) is 4.27. The maximum Gasteiger partial charge on any atom is 0.265 e. The van der Waals surface area contributed by atoms with Gasteiger partial charge in [-0.05, 0) is 56.4 Å². The van der Waals surface area contributed by atoms with Crippen molar-refractivity contribution in [2.75, 3.05) is 12.4 Å². The van der Waals surface area contributed by atoms with Crippen molar-refractivity contribution in [3.05, 3.63) is 41.3 Å². The van der Waals surface area contributed by atoms with E-state index in [0.717, 1.165) is 31.4 Å². The molecule has 0 bridgehead atoms. The van der Waals surface area contributed by atoms with Crippen LogP contribution in [0.3, 0.4) is 0 Å². The van der Waals surface area contributed by atoms with Gasteiger partial charge in [0.25, 0.3) is 5.91 Å². The summed E-state index contributed by atoms with van der Waals surface area (Å²) in [4.78, 5) is 17.2. The highest BCUT2D eigenvalue weighted by molar-refractivity contribution is 7.90. The Hall–Kier alpha value is -2.06. The summed E-state index contributed by atoms with van der Waals surface area (Å²) < 4.78 is 46.1. The molecule has 1 N–H and O–H groups in total. The van der Waals surface area contributed by atoms with Gasteiger partial charge in [-0.3, -0.25) is 9.78 Å². The van der Waals surface area contributed by atoms with E-state index in [1.807, 2.05) is 0 Å². The van der Waals surface area contributed by atoms with E-state index < -0.39 is 27.9 Å². The summed E-state index contributed by atoms with van der Waals surface area (Å²) in [5, 5.41) is 0.306. The molecule has 1 atom stereocenters. The Balaban J connectivity index is 1.62. The average molecular weight is 392 g/mol. The molecule has 1 saturated carbocycles. The lowest BCUT2D eigenvalue weighted by Crippen LogP contribution is -2.38. The molecular formula is C19H21FN2O4S. The summed E-state index contributed by atoms with van der Waals surface area (Å²) in [7, 11) is -3.86. The van der Waals surface area contributed by atoms with Crippen molar-refractivity contribution >= 4 is 26.8 Å². The lowest BCUT2D eigenvalue weighted by Gasteiger charge is -2.22. The molecule has 1 aliphatic carbocycles. The van der Waals surface area contributed by atoms with E-state index in [0.29, 0.717) is 23.9 Å². The summed E-state index contributed by atoms with van der Waals surface area (Å²) in [5.41, 5.74) is 1.36. The van der Waals surface area contributed by atoms with Crippen LogP contribution in [0.15, 0.2) is 24.3 Å². The summed E-state index contributed by atoms with van der Waals surface area (Å²) in [5.74, 6) is -1.24. The van der Waals surface area contributed by atoms with Gasteiger partial charge < -0.3 is 4.74 Å². The number of hydrogen-bond acceptors (Lipinski definition) is 5. The Labute approximate surface area is 157 Å². The number of carbonyl (C=O) groups is 1. The molecule has 0 radical (unpaired) electrons. The van der Waals surface area contributed by atoms with Gasteiger partial charge in [0.1, 0.15) is 5.82 Å². The second-order valence-corrected chi connectivity index (χ2v) is 9.00. The zero-order chi connectivity index (χ0) is 19.0. The number of amides is 1. The van der Waals surface area contributed by atoms with Gasteiger partial charge in [0.15, 0.2) is 0 Å². The van der Waals surface area contributed by atoms with Gasteiger partial charge >= 0.3 is 0 Å². The van der Waals surface area contributed by atoms with Crippen LogP contribution >= 0.6 is 0 Å². The van der Waals surface area contributed by atoms with Crippen molar-refractivity contribution in [2.45, 2.75) is 44.1 Å². The van der Waals surface area contributed by atoms with Crippen LogP contribution in [0.1, 0.15) is 54.1 Å². The van der Waals surface area contributed by atoms with Gasteiger partial charge in [-0.2, -0.15) is 0 Å². The van der Waals surface area contributed by atoms with Crippen molar-refractivity contribution in [3.8, 4) is 0 Å². The zero-order valence-corrected chi connectivity index (χ0v) is 15.6. The van der Waals surface area contributed by atoms with Gasteiger partial charge in [-0.25, -0.2) is 17.5 Å². The highest BCUT2D eigenvalue weighted by Crippen LogP contribution is 2.40. The van der Waals surface area contributed by atoms with Crippen LogP contribution in [-0.4, -0.2) is 37.8 Å². The van der Waals surface area contributed by atoms with Crippen LogP contribution in [0.25, 0.3) is 10.9 Å². The second-order valence-electron chi connectivity index (χ2n) is 7.23. The molecule has 4 rings (SSSR count). The van der Waals surface area contributed by atoms with Crippen LogP contribution in [0, 0.1) is 5.82 Å². The van der Waals surface area contributed by atoms with E-state index in [4.69, 9.17) is 4.74 Å². The molecule has 27 heavy (non-hydrogen) atoms. The Bertz CT molecular complexity index is 983. The molecule has 1 saturated heterocycles. The summed E-state index contributed by atoms with van der Waals surface area (Å²) >= 11 is 0. The first kappa shape index (κ1) is 18.3. The summed E-state index contributed by atoms with van der Waals surface area (Å²) in [6.45, 7) is 0.535. The molecule has 2 heterocycles. The van der Waals surface area contributed by atoms with Crippen LogP contribution in [0.2, 0.25) is 0 Å². The molecule has 144 valence electrons. The molecule has 8 heteroatoms. The number of sulfonamides is 1. The van der Waals surface area contributed by atoms with Crippen molar-refractivity contribution in [1.82, 2.24) is 9.71 Å². The first-order valence-electron chi connectivity index (χ1n) is 9.18. The zero-order valence-electron chi connectivity index (χ0n) is 14.8. The molecule has 1 aliphatic heterocycles. The number of benzene rings is 1. The van der Waals surface area contributed by atoms with Crippen LogP contribution < -0.4 is 4.72 Å². The lowest BCUT2D eigenvalue weighted by molar-refractivity contribution is 0.0304. The number of fused-ring (bicyclic) bond motifs is 1. The van der Waals surface area contributed by atoms with Gasteiger partial charge in [0.05, 0.1) is 22.9 Å². The molecule has 1 aromatic carbocycles. The number of ether oxygens (including phenoxy) is 1. The molecule has 6 nitrogen and oxygen atoms in total. The minimum absolute atomic E-state index is 0.134. The highest BCUT2D eigenvalue weighted by Gasteiger charge is 2.29. The number of hydrogen-bond donors (Lipinski definition) is 1. The largest absolute Gasteiger partial charge is 0.377 e. The minimum atomic E-state index is -3.86. The fourth-order valence-corrected chi connectivity index (χ4v) is 4.64. The molecule has 0 spiro atoms. The third-order valence-corrected chi connectivity index (χ3v) is 6.27. The molecule has 1 aromatic heterocycles. The van der Waals surface area contributed by atoms with Crippen LogP contribution in [-0.2, 0) is 14.8 Å². The number of nitrogens with one attached hydrogen (secondary N) is 1. The van der Waals surface area contributed by atoms with Gasteiger partial charge in [0, 0.05) is 23.6 Å². The van der Waals surface area contributed by atoms with Gasteiger partial charge in [-0.1, -0.05) is 0 Å². The molecule has 0 unspecified atom stereocenters. The van der Waals surface area contributed by atoms with Crippen molar-refractivity contribution in [1.29, 1.82) is 0 Å². The summed E-state index contributed by atoms with van der Waals surface area (Å²) in [6.07, 6.45) is 4.05. The van der Waals surface area contributed by atoms with E-state index in [9.17, 15) is 17.6 Å². The maximum absolute atomic E-state index is 13.7. The van der Waals surface area contributed by atoms with E-state index in [2.05, 4.69) is 9.71 Å². The summed E-state index contributed by atoms with van der Waals surface area (Å²) in [6, 6.07) is 5.59. The number of halogens is 1. The number of rotatable bonds is 5. The van der Waals surface area contributed by atoms with E-state index in [1.165, 1.54) is 18.2 Å². The molecule has 2 aromatic rings. The fourth-order valence-electron chi connectivity index (χ4n) is 3.42. The standard InChI is InChI=1S/C19H21FN2O4S/c20-13-6-7-17-15(9-13)16(10-18(21-17)12-4-5-12)19(23)22-27(24,25)11-14-3-1-2-8-26-14/h6-7,9-10,12,14H,1-5,8,11H2,(H,22,23)/t14-/m0/s1. The van der Waals surface area contributed by atoms with E-state index in [1.54, 1.807) is 6.07 Å².